The van der Waals surface area contributed by atoms with Crippen molar-refractivity contribution in [2.75, 3.05) is 0 Å². The van der Waals surface area contributed by atoms with Gasteiger partial charge in [-0.2, -0.15) is 0 Å². The standard InChI is InChI=1S/C8H6N2/c1-10-8(6-9)7-4-2-3-5-7/h2,4H,3,5H2. The predicted molar refractivity (Wildman–Crippen MR) is 37.6 cm³/mol. The zero-order chi connectivity index (χ0) is 7.40. The molecule has 0 amide bonds. The minimum absolute atomic E-state index is 0.244. The second-order valence-corrected chi connectivity index (χ2v) is 2.04. The molecular weight excluding hydrogens is 124 g/mol. The van der Waals surface area contributed by atoms with Gasteiger partial charge >= 0.3 is 0 Å². The molecule has 0 saturated carbocycles. The Bertz CT molecular complexity index is 255. The van der Waals surface area contributed by atoms with Crippen LogP contribution in [-0.2, 0) is 0 Å². The summed E-state index contributed by atoms with van der Waals surface area (Å²) in [6.45, 7) is 6.64. The minimum atomic E-state index is 0.244. The summed E-state index contributed by atoms with van der Waals surface area (Å²) in [5, 5.41) is 8.43. The maximum absolute atomic E-state index is 8.43. The zero-order valence-corrected chi connectivity index (χ0v) is 5.46. The minimum Gasteiger partial charge on any atom is -0.226 e. The van der Waals surface area contributed by atoms with Crippen molar-refractivity contribution in [1.82, 2.24) is 0 Å². The van der Waals surface area contributed by atoms with Crippen LogP contribution in [0.3, 0.4) is 0 Å². The molecule has 0 spiro atoms. The van der Waals surface area contributed by atoms with Gasteiger partial charge < -0.3 is 0 Å². The Morgan fingerprint density at radius 3 is 3.00 bits per heavy atom. The molecule has 0 heterocycles. The monoisotopic (exact) mass is 130 g/mol. The number of hydrogen-bond donors (Lipinski definition) is 0. The molecule has 0 fully saturated rings. The topological polar surface area (TPSA) is 28.1 Å². The Morgan fingerprint density at radius 2 is 2.60 bits per heavy atom. The van der Waals surface area contributed by atoms with Crippen molar-refractivity contribution in [2.24, 2.45) is 0 Å². The lowest BCUT2D eigenvalue weighted by Gasteiger charge is -1.89. The third kappa shape index (κ3) is 1.06. The van der Waals surface area contributed by atoms with Crippen molar-refractivity contribution in [3.63, 3.8) is 0 Å². The molecule has 0 saturated heterocycles. The third-order valence-electron chi connectivity index (χ3n) is 1.42. The molecule has 1 rings (SSSR count). The Balaban J connectivity index is 2.97. The van der Waals surface area contributed by atoms with Crippen LogP contribution in [-0.4, -0.2) is 0 Å². The summed E-state index contributed by atoms with van der Waals surface area (Å²) < 4.78 is 0. The van der Waals surface area contributed by atoms with E-state index in [0.29, 0.717) is 0 Å². The van der Waals surface area contributed by atoms with Gasteiger partial charge in [-0.15, -0.1) is 0 Å². The molecule has 0 unspecified atom stereocenters. The molecule has 0 aromatic carbocycles. The fraction of sp³-hybridized carbons (Fsp3) is 0.250. The maximum atomic E-state index is 8.43. The van der Waals surface area contributed by atoms with Gasteiger partial charge in [0, 0.05) is 0 Å². The summed E-state index contributed by atoms with van der Waals surface area (Å²) in [5.41, 5.74) is 1.13. The maximum Gasteiger partial charge on any atom is 0.265 e. The van der Waals surface area contributed by atoms with E-state index in [-0.39, 0.29) is 5.70 Å². The molecule has 48 valence electrons. The fourth-order valence-corrected chi connectivity index (χ4v) is 0.914. The zero-order valence-electron chi connectivity index (χ0n) is 5.46. The molecule has 0 aliphatic heterocycles. The van der Waals surface area contributed by atoms with Crippen LogP contribution in [0.5, 0.6) is 0 Å². The summed E-state index contributed by atoms with van der Waals surface area (Å²) >= 11 is 0. The lowest BCUT2D eigenvalue weighted by atomic mass is 10.2. The van der Waals surface area contributed by atoms with Crippen LogP contribution in [0.25, 0.3) is 4.85 Å². The molecule has 0 radical (unpaired) electrons. The second-order valence-electron chi connectivity index (χ2n) is 2.04. The van der Waals surface area contributed by atoms with Crippen molar-refractivity contribution in [3.05, 3.63) is 34.8 Å². The Labute approximate surface area is 59.9 Å². The summed E-state index contributed by atoms with van der Waals surface area (Å²) in [6.07, 6.45) is 5.66. The normalized spacial score (nSPS) is 19.8. The summed E-state index contributed by atoms with van der Waals surface area (Å²) in [4.78, 5) is 3.11. The van der Waals surface area contributed by atoms with E-state index in [1.807, 2.05) is 18.2 Å². The van der Waals surface area contributed by atoms with Gasteiger partial charge in [0.05, 0.1) is 12.6 Å². The highest BCUT2D eigenvalue weighted by molar-refractivity contribution is 5.41. The van der Waals surface area contributed by atoms with Crippen molar-refractivity contribution in [3.8, 4) is 6.07 Å². The smallest absolute Gasteiger partial charge is 0.226 e. The molecule has 1 aliphatic carbocycles. The van der Waals surface area contributed by atoms with E-state index in [1.165, 1.54) is 0 Å². The molecule has 2 nitrogen and oxygen atoms in total. The third-order valence-corrected chi connectivity index (χ3v) is 1.42. The van der Waals surface area contributed by atoms with E-state index in [2.05, 4.69) is 4.85 Å². The van der Waals surface area contributed by atoms with Gasteiger partial charge in [-0.3, -0.25) is 0 Å². The summed E-state index contributed by atoms with van der Waals surface area (Å²) in [7, 11) is 0. The van der Waals surface area contributed by atoms with Gasteiger partial charge in [-0.1, -0.05) is 12.2 Å². The lowest BCUT2D eigenvalue weighted by molar-refractivity contribution is 1.06. The molecule has 2 heteroatoms. The van der Waals surface area contributed by atoms with E-state index in [0.717, 1.165) is 18.4 Å². The van der Waals surface area contributed by atoms with Crippen LogP contribution in [0.4, 0.5) is 0 Å². The first-order chi connectivity index (χ1) is 4.88. The van der Waals surface area contributed by atoms with Gasteiger partial charge in [-0.05, 0) is 18.4 Å². The number of nitrogens with zero attached hydrogens (tertiary/aromatic N) is 2. The molecule has 10 heavy (non-hydrogen) atoms. The van der Waals surface area contributed by atoms with Crippen LogP contribution in [0.2, 0.25) is 0 Å². The second kappa shape index (κ2) is 2.85. The molecule has 0 N–H and O–H groups in total. The van der Waals surface area contributed by atoms with E-state index >= 15 is 0 Å². The first-order valence-electron chi connectivity index (χ1n) is 3.05. The Morgan fingerprint density at radius 1 is 1.80 bits per heavy atom. The number of allylic oxidation sites excluding steroid dienone is 4. The van der Waals surface area contributed by atoms with Crippen LogP contribution in [0, 0.1) is 17.9 Å². The quantitative estimate of drug-likeness (QED) is 0.364. The van der Waals surface area contributed by atoms with E-state index in [9.17, 15) is 0 Å². The molecule has 0 aromatic rings. The van der Waals surface area contributed by atoms with Gasteiger partial charge in [0.1, 0.15) is 0 Å². The molecule has 0 bridgehead atoms. The largest absolute Gasteiger partial charge is 0.265 e. The molecule has 1 aliphatic rings. The van der Waals surface area contributed by atoms with Gasteiger partial charge in [0.2, 0.25) is 0 Å². The Hall–Kier alpha value is -1.54. The van der Waals surface area contributed by atoms with Crippen molar-refractivity contribution >= 4 is 0 Å². The highest BCUT2D eigenvalue weighted by Gasteiger charge is 2.05. The van der Waals surface area contributed by atoms with Crippen molar-refractivity contribution in [2.45, 2.75) is 12.8 Å². The van der Waals surface area contributed by atoms with Crippen LogP contribution >= 0.6 is 0 Å². The number of nitriles is 1. The van der Waals surface area contributed by atoms with Gasteiger partial charge in [0.25, 0.3) is 5.70 Å². The molecular formula is C8H6N2. The fourth-order valence-electron chi connectivity index (χ4n) is 0.914. The average molecular weight is 130 g/mol. The SMILES string of the molecule is [C-]#[N+]C(C#N)=C1C=CCC1. The van der Waals surface area contributed by atoms with E-state index < -0.39 is 0 Å². The van der Waals surface area contributed by atoms with Crippen molar-refractivity contribution < 1.29 is 0 Å². The van der Waals surface area contributed by atoms with Crippen LogP contribution < -0.4 is 0 Å². The average Bonchev–Trinajstić information content (AvgIpc) is 2.43. The number of rotatable bonds is 0. The first kappa shape index (κ1) is 6.58. The van der Waals surface area contributed by atoms with E-state index in [1.54, 1.807) is 0 Å². The summed E-state index contributed by atoms with van der Waals surface area (Å²) in [5.74, 6) is 0. The first-order valence-corrected chi connectivity index (χ1v) is 3.05. The van der Waals surface area contributed by atoms with Crippen molar-refractivity contribution in [1.29, 1.82) is 5.26 Å². The highest BCUT2D eigenvalue weighted by atomic mass is 14.7. The predicted octanol–water partition coefficient (Wildman–Crippen LogP) is 2.03. The van der Waals surface area contributed by atoms with Crippen LogP contribution in [0.15, 0.2) is 23.4 Å². The number of hydrogen-bond acceptors (Lipinski definition) is 1. The highest BCUT2D eigenvalue weighted by Crippen LogP contribution is 2.19. The lowest BCUT2D eigenvalue weighted by Crippen LogP contribution is -1.76. The van der Waals surface area contributed by atoms with Gasteiger partial charge in [-0.25, -0.2) is 10.1 Å². The van der Waals surface area contributed by atoms with Crippen LogP contribution in [0.1, 0.15) is 12.8 Å². The molecule has 0 atom stereocenters. The summed E-state index contributed by atoms with van der Waals surface area (Å²) in [6, 6.07) is 1.87. The molecule has 0 aromatic heterocycles. The Kier molecular flexibility index (Phi) is 1.87. The van der Waals surface area contributed by atoms with Gasteiger partial charge in [0.15, 0.2) is 0 Å². The van der Waals surface area contributed by atoms with E-state index in [4.69, 9.17) is 11.8 Å².